The van der Waals surface area contributed by atoms with Gasteiger partial charge >= 0.3 is 0 Å². The van der Waals surface area contributed by atoms with Crippen molar-refractivity contribution in [3.05, 3.63) is 23.8 Å². The second-order valence-electron chi connectivity index (χ2n) is 5.05. The summed E-state index contributed by atoms with van der Waals surface area (Å²) in [5.41, 5.74) is 1.18. The molecule has 0 saturated heterocycles. The zero-order chi connectivity index (χ0) is 14.2. The highest BCUT2D eigenvalue weighted by molar-refractivity contribution is 5.47. The van der Waals surface area contributed by atoms with Crippen molar-refractivity contribution in [2.45, 2.75) is 26.8 Å². The molecule has 1 aliphatic rings. The number of likely N-dealkylation sites (N-methyl/N-ethyl adjacent to an activating group) is 1. The predicted octanol–water partition coefficient (Wildman–Crippen LogP) is 2.28. The number of ether oxygens (including phenoxy) is 2. The molecule has 0 saturated carbocycles. The Balaban J connectivity index is 1.79. The van der Waals surface area contributed by atoms with Crippen molar-refractivity contribution in [2.24, 2.45) is 0 Å². The highest BCUT2D eigenvalue weighted by Crippen LogP contribution is 2.33. The Kier molecular flexibility index (Phi) is 6.15. The van der Waals surface area contributed by atoms with E-state index in [1.807, 2.05) is 12.1 Å². The summed E-state index contributed by atoms with van der Waals surface area (Å²) in [6.45, 7) is 10.9. The van der Waals surface area contributed by atoms with Crippen LogP contribution in [0.1, 0.15) is 25.8 Å². The minimum absolute atomic E-state index is 0.643. The fourth-order valence-electron chi connectivity index (χ4n) is 2.48. The average Bonchev–Trinajstić information content (AvgIpc) is 2.50. The van der Waals surface area contributed by atoms with Gasteiger partial charge in [0.2, 0.25) is 0 Å². The summed E-state index contributed by atoms with van der Waals surface area (Å²) in [6.07, 6.45) is 1.21. The van der Waals surface area contributed by atoms with Crippen molar-refractivity contribution in [1.29, 1.82) is 0 Å². The maximum Gasteiger partial charge on any atom is 0.165 e. The highest BCUT2D eigenvalue weighted by Gasteiger charge is 2.14. The Morgan fingerprint density at radius 3 is 2.80 bits per heavy atom. The summed E-state index contributed by atoms with van der Waals surface area (Å²) in [7, 11) is 0. The Bertz CT molecular complexity index is 409. The van der Waals surface area contributed by atoms with Crippen LogP contribution in [-0.4, -0.2) is 44.3 Å². The lowest BCUT2D eigenvalue weighted by molar-refractivity contribution is 0.169. The molecule has 0 aromatic heterocycles. The molecule has 20 heavy (non-hydrogen) atoms. The van der Waals surface area contributed by atoms with Crippen LogP contribution in [0.15, 0.2) is 18.2 Å². The van der Waals surface area contributed by atoms with E-state index in [0.717, 1.165) is 37.7 Å². The molecule has 0 atom stereocenters. The standard InChI is InChI=1S/C16H26N2O2/c1-3-9-18(4-2)10-8-17-13-14-6-5-7-15-16(14)20-12-11-19-15/h5-7,17H,3-4,8-13H2,1-2H3. The zero-order valence-corrected chi connectivity index (χ0v) is 12.7. The molecule has 0 spiro atoms. The van der Waals surface area contributed by atoms with Gasteiger partial charge in [0.15, 0.2) is 11.5 Å². The first-order valence-electron chi connectivity index (χ1n) is 7.65. The molecular weight excluding hydrogens is 252 g/mol. The minimum atomic E-state index is 0.643. The van der Waals surface area contributed by atoms with Crippen LogP contribution in [0.5, 0.6) is 11.5 Å². The zero-order valence-electron chi connectivity index (χ0n) is 12.7. The van der Waals surface area contributed by atoms with Crippen LogP contribution >= 0.6 is 0 Å². The third kappa shape index (κ3) is 4.12. The number of hydrogen-bond acceptors (Lipinski definition) is 4. The second-order valence-corrected chi connectivity index (χ2v) is 5.05. The number of para-hydroxylation sites is 1. The predicted molar refractivity (Wildman–Crippen MR) is 81.5 cm³/mol. The van der Waals surface area contributed by atoms with Crippen molar-refractivity contribution >= 4 is 0 Å². The van der Waals surface area contributed by atoms with Crippen molar-refractivity contribution in [3.8, 4) is 11.5 Å². The largest absolute Gasteiger partial charge is 0.486 e. The van der Waals surface area contributed by atoms with E-state index in [-0.39, 0.29) is 0 Å². The van der Waals surface area contributed by atoms with E-state index in [9.17, 15) is 0 Å². The minimum Gasteiger partial charge on any atom is -0.486 e. The van der Waals surface area contributed by atoms with E-state index in [0.29, 0.717) is 13.2 Å². The van der Waals surface area contributed by atoms with E-state index < -0.39 is 0 Å². The van der Waals surface area contributed by atoms with Gasteiger partial charge in [0.05, 0.1) is 0 Å². The summed E-state index contributed by atoms with van der Waals surface area (Å²) in [4.78, 5) is 2.47. The summed E-state index contributed by atoms with van der Waals surface area (Å²) in [5, 5.41) is 3.50. The van der Waals surface area contributed by atoms with E-state index >= 15 is 0 Å². The molecule has 0 bridgehead atoms. The van der Waals surface area contributed by atoms with E-state index in [4.69, 9.17) is 9.47 Å². The fraction of sp³-hybridized carbons (Fsp3) is 0.625. The Morgan fingerprint density at radius 1 is 1.15 bits per heavy atom. The first-order chi connectivity index (χ1) is 9.85. The maximum atomic E-state index is 5.72. The molecule has 0 amide bonds. The van der Waals surface area contributed by atoms with Gasteiger partial charge in [0.25, 0.3) is 0 Å². The van der Waals surface area contributed by atoms with Crippen LogP contribution < -0.4 is 14.8 Å². The van der Waals surface area contributed by atoms with Gasteiger partial charge in [-0.05, 0) is 25.6 Å². The van der Waals surface area contributed by atoms with Crippen LogP contribution in [0, 0.1) is 0 Å². The van der Waals surface area contributed by atoms with Gasteiger partial charge in [-0.2, -0.15) is 0 Å². The van der Waals surface area contributed by atoms with Crippen molar-refractivity contribution < 1.29 is 9.47 Å². The molecule has 112 valence electrons. The number of hydrogen-bond donors (Lipinski definition) is 1. The maximum absolute atomic E-state index is 5.72. The average molecular weight is 278 g/mol. The SMILES string of the molecule is CCCN(CC)CCNCc1cccc2c1OCCO2. The molecule has 1 aromatic carbocycles. The van der Waals surface area contributed by atoms with Crippen LogP contribution in [0.4, 0.5) is 0 Å². The van der Waals surface area contributed by atoms with Crippen LogP contribution in [-0.2, 0) is 6.54 Å². The molecule has 0 unspecified atom stereocenters. The fourth-order valence-corrected chi connectivity index (χ4v) is 2.48. The van der Waals surface area contributed by atoms with Gasteiger partial charge in [-0.15, -0.1) is 0 Å². The van der Waals surface area contributed by atoms with Crippen LogP contribution in [0.3, 0.4) is 0 Å². The molecule has 0 fully saturated rings. The van der Waals surface area contributed by atoms with Gasteiger partial charge in [-0.3, -0.25) is 0 Å². The molecule has 1 aromatic rings. The molecule has 4 nitrogen and oxygen atoms in total. The first kappa shape index (κ1) is 15.1. The molecule has 1 aliphatic heterocycles. The van der Waals surface area contributed by atoms with Gasteiger partial charge in [0, 0.05) is 25.2 Å². The Morgan fingerprint density at radius 2 is 2.00 bits per heavy atom. The van der Waals surface area contributed by atoms with Gasteiger partial charge < -0.3 is 19.7 Å². The van der Waals surface area contributed by atoms with Crippen LogP contribution in [0.25, 0.3) is 0 Å². The molecule has 1 N–H and O–H groups in total. The Labute approximate surface area is 122 Å². The van der Waals surface area contributed by atoms with E-state index in [1.165, 1.54) is 18.5 Å². The number of nitrogens with one attached hydrogen (secondary N) is 1. The third-order valence-electron chi connectivity index (χ3n) is 3.56. The van der Waals surface area contributed by atoms with Gasteiger partial charge in [0.1, 0.15) is 13.2 Å². The molecule has 0 radical (unpaired) electrons. The second kappa shape index (κ2) is 8.12. The molecule has 2 rings (SSSR count). The number of fused-ring (bicyclic) bond motifs is 1. The lowest BCUT2D eigenvalue weighted by Gasteiger charge is -2.22. The Hall–Kier alpha value is -1.26. The van der Waals surface area contributed by atoms with Crippen molar-refractivity contribution in [3.63, 3.8) is 0 Å². The van der Waals surface area contributed by atoms with Crippen molar-refractivity contribution in [2.75, 3.05) is 39.4 Å². The summed E-state index contributed by atoms with van der Waals surface area (Å²) >= 11 is 0. The van der Waals surface area contributed by atoms with Gasteiger partial charge in [-0.25, -0.2) is 0 Å². The summed E-state index contributed by atoms with van der Waals surface area (Å²) in [6, 6.07) is 6.10. The quantitative estimate of drug-likeness (QED) is 0.740. The number of nitrogens with zero attached hydrogens (tertiary/aromatic N) is 1. The molecule has 0 aliphatic carbocycles. The lowest BCUT2D eigenvalue weighted by Crippen LogP contribution is -2.32. The normalized spacial score (nSPS) is 13.8. The van der Waals surface area contributed by atoms with Crippen LogP contribution in [0.2, 0.25) is 0 Å². The number of benzene rings is 1. The summed E-state index contributed by atoms with van der Waals surface area (Å²) in [5.74, 6) is 1.78. The number of rotatable bonds is 8. The lowest BCUT2D eigenvalue weighted by atomic mass is 10.1. The smallest absolute Gasteiger partial charge is 0.165 e. The topological polar surface area (TPSA) is 33.7 Å². The summed E-state index contributed by atoms with van der Waals surface area (Å²) < 4.78 is 11.3. The monoisotopic (exact) mass is 278 g/mol. The molecule has 1 heterocycles. The van der Waals surface area contributed by atoms with Gasteiger partial charge in [-0.1, -0.05) is 26.0 Å². The molecular formula is C16H26N2O2. The highest BCUT2D eigenvalue weighted by atomic mass is 16.6. The van der Waals surface area contributed by atoms with E-state index in [2.05, 4.69) is 30.1 Å². The third-order valence-corrected chi connectivity index (χ3v) is 3.56. The first-order valence-corrected chi connectivity index (χ1v) is 7.65. The van der Waals surface area contributed by atoms with Crippen molar-refractivity contribution in [1.82, 2.24) is 10.2 Å². The molecule has 4 heteroatoms. The van der Waals surface area contributed by atoms with E-state index in [1.54, 1.807) is 0 Å².